The van der Waals surface area contributed by atoms with Gasteiger partial charge in [-0.3, -0.25) is 4.99 Å². The van der Waals surface area contributed by atoms with Crippen molar-refractivity contribution < 1.29 is 17.9 Å². The molecular formula is C20H25F3IN3O. The van der Waals surface area contributed by atoms with E-state index in [9.17, 15) is 13.2 Å². The maximum atomic E-state index is 12.1. The fourth-order valence-corrected chi connectivity index (χ4v) is 2.41. The minimum absolute atomic E-state index is 0. The van der Waals surface area contributed by atoms with Crippen molar-refractivity contribution in [1.29, 1.82) is 0 Å². The van der Waals surface area contributed by atoms with Crippen LogP contribution in [0.1, 0.15) is 22.3 Å². The van der Waals surface area contributed by atoms with Gasteiger partial charge in [0.2, 0.25) is 0 Å². The van der Waals surface area contributed by atoms with Crippen LogP contribution in [0.4, 0.5) is 13.2 Å². The summed E-state index contributed by atoms with van der Waals surface area (Å²) >= 11 is 0. The molecule has 0 aliphatic carbocycles. The fourth-order valence-electron chi connectivity index (χ4n) is 2.41. The summed E-state index contributed by atoms with van der Waals surface area (Å²) in [5.74, 6) is 0.647. The zero-order valence-corrected chi connectivity index (χ0v) is 18.2. The van der Waals surface area contributed by atoms with E-state index in [2.05, 4.69) is 39.9 Å². The van der Waals surface area contributed by atoms with Crippen molar-refractivity contribution in [3.05, 3.63) is 70.8 Å². The van der Waals surface area contributed by atoms with E-state index in [1.165, 1.54) is 5.56 Å². The fraction of sp³-hybridized carbons (Fsp3) is 0.350. The van der Waals surface area contributed by atoms with Gasteiger partial charge in [-0.15, -0.1) is 24.0 Å². The summed E-state index contributed by atoms with van der Waals surface area (Å²) in [4.78, 5) is 4.18. The molecule has 8 heteroatoms. The summed E-state index contributed by atoms with van der Waals surface area (Å²) in [5, 5.41) is 6.42. The lowest BCUT2D eigenvalue weighted by atomic mass is 10.1. The van der Waals surface area contributed by atoms with Crippen LogP contribution in [0.5, 0.6) is 0 Å². The predicted octanol–water partition coefficient (Wildman–Crippen LogP) is 4.56. The average molecular weight is 507 g/mol. The Bertz CT molecular complexity index is 749. The quantitative estimate of drug-likeness (QED) is 0.328. The Kier molecular flexibility index (Phi) is 10.3. The third-order valence-electron chi connectivity index (χ3n) is 3.79. The second-order valence-electron chi connectivity index (χ2n) is 6.19. The molecule has 0 saturated heterocycles. The van der Waals surface area contributed by atoms with Gasteiger partial charge in [0.1, 0.15) is 6.61 Å². The van der Waals surface area contributed by atoms with E-state index in [1.54, 1.807) is 19.2 Å². The average Bonchev–Trinajstić information content (AvgIpc) is 2.62. The highest BCUT2D eigenvalue weighted by Crippen LogP contribution is 2.16. The number of halogens is 4. The molecule has 0 bridgehead atoms. The summed E-state index contributed by atoms with van der Waals surface area (Å²) < 4.78 is 41.1. The highest BCUT2D eigenvalue weighted by Gasteiger charge is 2.27. The number of benzene rings is 2. The smallest absolute Gasteiger partial charge is 0.367 e. The third kappa shape index (κ3) is 9.41. The molecule has 154 valence electrons. The molecule has 0 spiro atoms. The largest absolute Gasteiger partial charge is 0.411 e. The molecule has 0 heterocycles. The number of hydrogen-bond donors (Lipinski definition) is 2. The Balaban J connectivity index is 0.00000392. The van der Waals surface area contributed by atoms with Crippen molar-refractivity contribution in [2.24, 2.45) is 4.99 Å². The Morgan fingerprint density at radius 3 is 2.18 bits per heavy atom. The van der Waals surface area contributed by atoms with Gasteiger partial charge >= 0.3 is 6.18 Å². The molecule has 0 aromatic heterocycles. The van der Waals surface area contributed by atoms with Gasteiger partial charge in [0.25, 0.3) is 0 Å². The molecule has 2 N–H and O–H groups in total. The van der Waals surface area contributed by atoms with Gasteiger partial charge in [-0.1, -0.05) is 54.1 Å². The molecule has 0 fully saturated rings. The highest BCUT2D eigenvalue weighted by atomic mass is 127. The Morgan fingerprint density at radius 2 is 1.57 bits per heavy atom. The first kappa shape index (κ1) is 24.2. The first-order chi connectivity index (χ1) is 12.9. The van der Waals surface area contributed by atoms with Crippen LogP contribution in [-0.4, -0.2) is 25.8 Å². The second-order valence-corrected chi connectivity index (χ2v) is 6.19. The lowest BCUT2D eigenvalue weighted by Gasteiger charge is -2.13. The number of nitrogens with one attached hydrogen (secondary N) is 2. The highest BCUT2D eigenvalue weighted by molar-refractivity contribution is 14.0. The lowest BCUT2D eigenvalue weighted by molar-refractivity contribution is -0.176. The molecule has 4 nitrogen and oxygen atoms in total. The van der Waals surface area contributed by atoms with Crippen LogP contribution in [0, 0.1) is 6.92 Å². The van der Waals surface area contributed by atoms with Crippen LogP contribution in [0.15, 0.2) is 53.5 Å². The Morgan fingerprint density at radius 1 is 0.964 bits per heavy atom. The number of hydrogen-bond acceptors (Lipinski definition) is 2. The second kappa shape index (κ2) is 11.9. The SMILES string of the molecule is CN=C(NCc1ccc(C)cc1)NCc1cccc(COCC(F)(F)F)c1.I. The lowest BCUT2D eigenvalue weighted by Crippen LogP contribution is -2.36. The number of rotatable bonds is 7. The molecule has 2 aromatic carbocycles. The molecule has 2 rings (SSSR count). The summed E-state index contributed by atoms with van der Waals surface area (Å²) in [7, 11) is 1.69. The van der Waals surface area contributed by atoms with Crippen LogP contribution in [0.3, 0.4) is 0 Å². The number of alkyl halides is 3. The molecule has 0 aliphatic heterocycles. The van der Waals surface area contributed by atoms with Crippen LogP contribution in [0.2, 0.25) is 0 Å². The summed E-state index contributed by atoms with van der Waals surface area (Å²) in [6.45, 7) is 1.87. The number of nitrogens with zero attached hydrogens (tertiary/aromatic N) is 1. The number of aryl methyl sites for hydroxylation is 1. The molecular weight excluding hydrogens is 482 g/mol. The maximum absolute atomic E-state index is 12.1. The van der Waals surface area contributed by atoms with E-state index in [-0.39, 0.29) is 30.6 Å². The van der Waals surface area contributed by atoms with Crippen molar-refractivity contribution in [1.82, 2.24) is 10.6 Å². The van der Waals surface area contributed by atoms with E-state index >= 15 is 0 Å². The first-order valence-electron chi connectivity index (χ1n) is 8.58. The molecule has 28 heavy (non-hydrogen) atoms. The van der Waals surface area contributed by atoms with Gasteiger partial charge < -0.3 is 15.4 Å². The zero-order chi connectivity index (χ0) is 19.7. The van der Waals surface area contributed by atoms with Gasteiger partial charge in [-0.25, -0.2) is 0 Å². The van der Waals surface area contributed by atoms with Crippen LogP contribution in [0.25, 0.3) is 0 Å². The first-order valence-corrected chi connectivity index (χ1v) is 8.58. The molecule has 0 unspecified atom stereocenters. The monoisotopic (exact) mass is 507 g/mol. The number of aliphatic imine (C=N–C) groups is 1. The molecule has 0 aliphatic rings. The zero-order valence-electron chi connectivity index (χ0n) is 15.8. The van der Waals surface area contributed by atoms with Crippen molar-refractivity contribution in [3.63, 3.8) is 0 Å². The van der Waals surface area contributed by atoms with E-state index in [0.29, 0.717) is 24.6 Å². The van der Waals surface area contributed by atoms with Crippen molar-refractivity contribution in [2.75, 3.05) is 13.7 Å². The van der Waals surface area contributed by atoms with E-state index in [0.717, 1.165) is 11.1 Å². The van der Waals surface area contributed by atoms with Crippen LogP contribution < -0.4 is 10.6 Å². The third-order valence-corrected chi connectivity index (χ3v) is 3.79. The van der Waals surface area contributed by atoms with Crippen LogP contribution in [-0.2, 0) is 24.4 Å². The summed E-state index contributed by atoms with van der Waals surface area (Å²) in [5.41, 5.74) is 3.98. The van der Waals surface area contributed by atoms with Gasteiger partial charge in [-0.05, 0) is 23.6 Å². The molecule has 0 atom stereocenters. The van der Waals surface area contributed by atoms with Gasteiger partial charge in [0.15, 0.2) is 5.96 Å². The van der Waals surface area contributed by atoms with Crippen molar-refractivity contribution in [2.45, 2.75) is 32.8 Å². The van der Waals surface area contributed by atoms with Crippen LogP contribution >= 0.6 is 24.0 Å². The summed E-state index contributed by atoms with van der Waals surface area (Å²) in [6, 6.07) is 15.5. The van der Waals surface area contributed by atoms with Gasteiger partial charge in [0.05, 0.1) is 6.61 Å². The Labute approximate surface area is 180 Å². The number of ether oxygens (including phenoxy) is 1. The van der Waals surface area contributed by atoms with Gasteiger partial charge in [0, 0.05) is 20.1 Å². The Hall–Kier alpha value is -1.81. The molecule has 0 amide bonds. The van der Waals surface area contributed by atoms with E-state index in [4.69, 9.17) is 4.74 Å². The normalized spacial score (nSPS) is 11.7. The molecule has 2 aromatic rings. The van der Waals surface area contributed by atoms with Gasteiger partial charge in [-0.2, -0.15) is 13.2 Å². The predicted molar refractivity (Wildman–Crippen MR) is 116 cm³/mol. The topological polar surface area (TPSA) is 45.7 Å². The van der Waals surface area contributed by atoms with Crippen molar-refractivity contribution in [3.8, 4) is 0 Å². The summed E-state index contributed by atoms with van der Waals surface area (Å²) in [6.07, 6.45) is -4.31. The molecule has 0 saturated carbocycles. The van der Waals surface area contributed by atoms with E-state index in [1.807, 2.05) is 19.1 Å². The maximum Gasteiger partial charge on any atom is 0.411 e. The minimum atomic E-state index is -4.31. The molecule has 0 radical (unpaired) electrons. The standard InChI is InChI=1S/C20H24F3N3O.HI/c1-15-6-8-16(9-7-15)11-25-19(24-2)26-12-17-4-3-5-18(10-17)13-27-14-20(21,22)23;/h3-10H,11-14H2,1-2H3,(H2,24,25,26);1H. The minimum Gasteiger partial charge on any atom is -0.367 e. The van der Waals surface area contributed by atoms with E-state index < -0.39 is 12.8 Å². The number of guanidine groups is 1. The van der Waals surface area contributed by atoms with Crippen molar-refractivity contribution >= 4 is 29.9 Å².